The van der Waals surface area contributed by atoms with E-state index in [1.807, 2.05) is 80.0 Å². The maximum absolute atomic E-state index is 11.0. The molecule has 0 unspecified atom stereocenters. The number of rotatable bonds is 5. The van der Waals surface area contributed by atoms with Gasteiger partial charge in [-0.15, -0.1) is 0 Å². The Balaban J connectivity index is 0.000000395. The van der Waals surface area contributed by atoms with Gasteiger partial charge in [0.2, 0.25) is 0 Å². The normalized spacial score (nSPS) is 9.93. The van der Waals surface area contributed by atoms with E-state index in [4.69, 9.17) is 18.7 Å². The van der Waals surface area contributed by atoms with Crippen molar-refractivity contribution in [2.75, 3.05) is 18.2 Å². The van der Waals surface area contributed by atoms with E-state index in [2.05, 4.69) is 99.9 Å². The van der Waals surface area contributed by atoms with Crippen molar-refractivity contribution in [3.05, 3.63) is 189 Å². The van der Waals surface area contributed by atoms with Crippen LogP contribution in [0.3, 0.4) is 0 Å². The number of anilines is 3. The van der Waals surface area contributed by atoms with Crippen molar-refractivity contribution in [3.63, 3.8) is 0 Å². The Morgan fingerprint density at radius 2 is 1.28 bits per heavy atom. The average Bonchev–Trinajstić information content (AvgIpc) is 3.57. The number of hydrogen-bond donors (Lipinski definition) is 2. The number of fused-ring (bicyclic) bond motifs is 1. The van der Waals surface area contributed by atoms with Crippen LogP contribution in [0.4, 0.5) is 32.8 Å². The van der Waals surface area contributed by atoms with E-state index in [0.717, 1.165) is 52.6 Å². The summed E-state index contributed by atoms with van der Waals surface area (Å²) in [6.45, 7) is 5.69. The van der Waals surface area contributed by atoms with Crippen molar-refractivity contribution in [2.45, 2.75) is 20.8 Å². The van der Waals surface area contributed by atoms with Gasteiger partial charge in [-0.25, -0.2) is 4.98 Å². The molecule has 0 saturated heterocycles. The van der Waals surface area contributed by atoms with Crippen LogP contribution in [0.2, 0.25) is 5.02 Å². The van der Waals surface area contributed by atoms with Crippen molar-refractivity contribution in [1.82, 2.24) is 9.55 Å². The summed E-state index contributed by atoms with van der Waals surface area (Å²) in [6, 6.07) is 39.4. The summed E-state index contributed by atoms with van der Waals surface area (Å²) >= 11 is 15.7. The molecule has 1 heterocycles. The number of hydrogen-bond acceptors (Lipinski definition) is 7. The van der Waals surface area contributed by atoms with E-state index in [1.165, 1.54) is 17.7 Å². The number of nitro benzene ring substituents is 2. The van der Waals surface area contributed by atoms with Crippen LogP contribution in [-0.4, -0.2) is 26.6 Å². The van der Waals surface area contributed by atoms with Crippen molar-refractivity contribution >= 4 is 98.9 Å². The van der Waals surface area contributed by atoms with Gasteiger partial charge in [0.15, 0.2) is 0 Å². The molecule has 3 N–H and O–H groups in total. The molecule has 0 aliphatic carbocycles. The minimum atomic E-state index is -1.00. The van der Waals surface area contributed by atoms with Gasteiger partial charge in [0.1, 0.15) is 17.0 Å². The molecular weight excluding hydrogens is 958 g/mol. The third-order valence-electron chi connectivity index (χ3n) is 7.39. The maximum atomic E-state index is 11.0. The Kier molecular flexibility index (Phi) is 20.4. The van der Waals surface area contributed by atoms with Gasteiger partial charge in [0.05, 0.1) is 29.4 Å². The molecule has 0 bridgehead atoms. The van der Waals surface area contributed by atoms with E-state index in [-0.39, 0.29) is 52.3 Å². The molecule has 0 atom stereocenters. The van der Waals surface area contributed by atoms with Crippen LogP contribution in [0, 0.1) is 41.0 Å². The summed E-state index contributed by atoms with van der Waals surface area (Å²) in [4.78, 5) is 24.8. The summed E-state index contributed by atoms with van der Waals surface area (Å²) in [5, 5.41) is 24.5. The minimum Gasteiger partial charge on any atom is -1.00 e. The quantitative estimate of drug-likeness (QED) is 0.0757. The Morgan fingerprint density at radius 3 is 1.82 bits per heavy atom. The number of imidazole rings is 1. The summed E-state index contributed by atoms with van der Waals surface area (Å²) < 4.78 is 20.6. The third-order valence-corrected chi connectivity index (χ3v) is 9.19. The van der Waals surface area contributed by atoms with E-state index in [0.29, 0.717) is 5.69 Å². The van der Waals surface area contributed by atoms with Crippen LogP contribution in [0.5, 0.6) is 0 Å². The fourth-order valence-electron chi connectivity index (χ4n) is 4.84. The van der Waals surface area contributed by atoms with E-state index in [9.17, 15) is 24.6 Å². The number of halogens is 5. The zero-order valence-electron chi connectivity index (χ0n) is 33.3. The SMILES string of the molecule is Cc1ccc(Cl)c([N+](=O)[O-])c1.Cc1ccc(Nc2cccc(Br)c2)c([N+](=O)[O-])c1.Cc1ccc2c(c1)ncn2-c1cccc(Br)c1.Nc1cccc(Br)c1.[2H]CF.[H-].[Na+]. The third kappa shape index (κ3) is 16.0. The molecular formula is C41H38Br3ClFN6NaO4. The number of benzene rings is 6. The fourth-order valence-corrected chi connectivity index (χ4v) is 6.23. The number of nitro groups is 2. The molecule has 0 saturated carbocycles. The minimum absolute atomic E-state index is 0. The molecule has 0 aliphatic heterocycles. The first-order valence-electron chi connectivity index (χ1n) is 17.1. The standard InChI is InChI=1S/C14H11BrN2.C13H11BrN2O2.C7H6ClNO2.C6H6BrN.CH3F.Na.H/c1-10-5-6-14-13(7-10)16-9-17(14)12-4-2-3-11(15)8-12;1-9-5-6-12(13(7-9)16(17)18)15-11-4-2-3-10(14)8-11;1-5-2-3-6(8)7(4-5)9(10)11;7-5-2-1-3-6(8)4-5;1-2;;/h2-9H,1H3;2-8,15H,1H3;2-4H,1H3;1-4H,8H2;1H3;;/q;;;;;+1;-1/i;;;;1D;;. The largest absolute Gasteiger partial charge is 1.00 e. The van der Waals surface area contributed by atoms with Gasteiger partial charge in [-0.3, -0.25) is 29.2 Å². The second-order valence-corrected chi connectivity index (χ2v) is 14.9. The topological polar surface area (TPSA) is 142 Å². The molecule has 57 heavy (non-hydrogen) atoms. The molecule has 6 aromatic carbocycles. The molecule has 0 amide bonds. The molecule has 1 aromatic heterocycles. The Labute approximate surface area is 385 Å². The predicted molar refractivity (Wildman–Crippen MR) is 238 cm³/mol. The van der Waals surface area contributed by atoms with E-state index < -0.39 is 12.1 Å². The Morgan fingerprint density at radius 1 is 0.754 bits per heavy atom. The molecule has 7 aromatic rings. The van der Waals surface area contributed by atoms with Crippen LogP contribution in [-0.2, 0) is 0 Å². The fraction of sp³-hybridized carbons (Fsp3) is 0.0976. The Bertz CT molecular complexity index is 2430. The van der Waals surface area contributed by atoms with Crippen molar-refractivity contribution in [2.24, 2.45) is 0 Å². The van der Waals surface area contributed by atoms with Gasteiger partial charge in [-0.2, -0.15) is 0 Å². The van der Waals surface area contributed by atoms with Crippen LogP contribution in [0.15, 0.2) is 147 Å². The summed E-state index contributed by atoms with van der Waals surface area (Å²) in [6.07, 6.45) is 1.87. The molecule has 10 nitrogen and oxygen atoms in total. The zero-order chi connectivity index (χ0) is 42.1. The van der Waals surface area contributed by atoms with Crippen LogP contribution >= 0.6 is 59.4 Å². The number of aromatic nitrogens is 2. The van der Waals surface area contributed by atoms with Crippen LogP contribution in [0.1, 0.15) is 19.5 Å². The first kappa shape index (κ1) is 47.2. The summed E-state index contributed by atoms with van der Waals surface area (Å²) in [5.74, 6) is 0. The molecule has 0 spiro atoms. The smallest absolute Gasteiger partial charge is 1.00 e. The van der Waals surface area contributed by atoms with Crippen LogP contribution in [0.25, 0.3) is 16.7 Å². The molecule has 0 fully saturated rings. The zero-order valence-corrected chi connectivity index (χ0v) is 38.8. The first-order valence-corrected chi connectivity index (χ1v) is 19.1. The van der Waals surface area contributed by atoms with Gasteiger partial charge in [0.25, 0.3) is 11.4 Å². The predicted octanol–water partition coefficient (Wildman–Crippen LogP) is 10.8. The average molecular weight is 997 g/mol. The Hall–Kier alpha value is -4.15. The number of nitrogens with one attached hydrogen (secondary N) is 1. The van der Waals surface area contributed by atoms with Gasteiger partial charge in [-0.1, -0.05) is 95.8 Å². The van der Waals surface area contributed by atoms with Gasteiger partial charge in [0, 0.05) is 42.6 Å². The van der Waals surface area contributed by atoms with E-state index >= 15 is 0 Å². The van der Waals surface area contributed by atoms with Gasteiger partial charge < -0.3 is 12.5 Å². The van der Waals surface area contributed by atoms with Crippen LogP contribution < -0.4 is 40.6 Å². The second kappa shape index (κ2) is 24.6. The summed E-state index contributed by atoms with van der Waals surface area (Å²) in [7, 11) is -1.00. The second-order valence-electron chi connectivity index (χ2n) is 11.8. The number of aryl methyl sites for hydroxylation is 3. The number of nitrogens with zero attached hydrogens (tertiary/aromatic N) is 4. The molecule has 7 rings (SSSR count). The number of nitrogen functional groups attached to an aromatic ring is 1. The molecule has 292 valence electrons. The number of nitrogens with two attached hydrogens (primary N) is 1. The molecule has 0 aliphatic rings. The van der Waals surface area contributed by atoms with Gasteiger partial charge >= 0.3 is 29.6 Å². The first-order chi connectivity index (χ1) is 27.1. The maximum Gasteiger partial charge on any atom is 1.00 e. The van der Waals surface area contributed by atoms with Crippen molar-refractivity contribution < 1.29 is 46.6 Å². The molecule has 16 heteroatoms. The molecule has 0 radical (unpaired) electrons. The van der Waals surface area contributed by atoms with Gasteiger partial charge in [-0.05, 0) is 116 Å². The number of alkyl halides is 1. The van der Waals surface area contributed by atoms with Crippen molar-refractivity contribution in [1.29, 1.82) is 0 Å². The van der Waals surface area contributed by atoms with Crippen molar-refractivity contribution in [3.8, 4) is 5.69 Å². The van der Waals surface area contributed by atoms with E-state index in [1.54, 1.807) is 25.1 Å². The monoisotopic (exact) mass is 993 g/mol. The summed E-state index contributed by atoms with van der Waals surface area (Å²) in [5.41, 5.74) is 13.8.